The summed E-state index contributed by atoms with van der Waals surface area (Å²) in [6.07, 6.45) is 4.94. The van der Waals surface area contributed by atoms with Gasteiger partial charge in [-0.05, 0) is 17.7 Å². The second-order valence-electron chi connectivity index (χ2n) is 3.56. The van der Waals surface area contributed by atoms with Crippen LogP contribution in [0.1, 0.15) is 0 Å². The molecular weight excluding hydrogens is 216 g/mol. The van der Waals surface area contributed by atoms with Crippen molar-refractivity contribution in [1.82, 2.24) is 19.6 Å². The molecule has 17 heavy (non-hydrogen) atoms. The van der Waals surface area contributed by atoms with Gasteiger partial charge >= 0.3 is 0 Å². The van der Waals surface area contributed by atoms with Crippen LogP contribution in [-0.4, -0.2) is 26.7 Å². The summed E-state index contributed by atoms with van der Waals surface area (Å²) in [5.41, 5.74) is 2.83. The number of aromatic nitrogens is 4. The highest BCUT2D eigenvalue weighted by Gasteiger charge is 2.07. The molecule has 0 amide bonds. The summed E-state index contributed by atoms with van der Waals surface area (Å²) in [6, 6.07) is 7.80. The lowest BCUT2D eigenvalue weighted by atomic mass is 10.1. The zero-order valence-corrected chi connectivity index (χ0v) is 9.24. The number of hydrogen-bond acceptors (Lipinski definition) is 4. The topological polar surface area (TPSA) is 52.3 Å². The Morgan fingerprint density at radius 1 is 1.18 bits per heavy atom. The Hall–Kier alpha value is -2.43. The summed E-state index contributed by atoms with van der Waals surface area (Å²) in [5.74, 6) is 0.833. The first kappa shape index (κ1) is 9.77. The number of methoxy groups -OCH3 is 1. The second-order valence-corrected chi connectivity index (χ2v) is 3.56. The van der Waals surface area contributed by atoms with Crippen molar-refractivity contribution in [2.45, 2.75) is 0 Å². The fraction of sp³-hybridized carbons (Fsp3) is 0.0833. The number of hydrogen-bond donors (Lipinski definition) is 0. The van der Waals surface area contributed by atoms with E-state index >= 15 is 0 Å². The zero-order valence-electron chi connectivity index (χ0n) is 9.24. The Morgan fingerprint density at radius 2 is 2.00 bits per heavy atom. The zero-order chi connectivity index (χ0) is 11.7. The van der Waals surface area contributed by atoms with Gasteiger partial charge in [-0.25, -0.2) is 14.5 Å². The molecule has 0 aliphatic heterocycles. The van der Waals surface area contributed by atoms with Crippen molar-refractivity contribution in [1.29, 1.82) is 0 Å². The molecule has 0 spiro atoms. The van der Waals surface area contributed by atoms with E-state index in [9.17, 15) is 0 Å². The van der Waals surface area contributed by atoms with E-state index in [1.54, 1.807) is 24.1 Å². The highest BCUT2D eigenvalue weighted by Crippen LogP contribution is 2.24. The maximum Gasteiger partial charge on any atom is 0.166 e. The number of ether oxygens (including phenoxy) is 1. The molecule has 2 heterocycles. The van der Waals surface area contributed by atoms with Crippen molar-refractivity contribution in [3.8, 4) is 16.9 Å². The molecule has 5 heteroatoms. The molecule has 0 aliphatic carbocycles. The fourth-order valence-corrected chi connectivity index (χ4v) is 1.72. The summed E-state index contributed by atoms with van der Waals surface area (Å²) < 4.78 is 6.78. The van der Waals surface area contributed by atoms with Gasteiger partial charge in [0.15, 0.2) is 5.65 Å². The monoisotopic (exact) mass is 226 g/mol. The molecule has 2 aromatic heterocycles. The van der Waals surface area contributed by atoms with Crippen molar-refractivity contribution in [3.63, 3.8) is 0 Å². The van der Waals surface area contributed by atoms with Crippen LogP contribution in [0, 0.1) is 0 Å². The molecule has 0 unspecified atom stereocenters. The van der Waals surface area contributed by atoms with Crippen molar-refractivity contribution >= 4 is 5.65 Å². The fourth-order valence-electron chi connectivity index (χ4n) is 1.72. The van der Waals surface area contributed by atoms with Gasteiger partial charge < -0.3 is 4.74 Å². The van der Waals surface area contributed by atoms with Gasteiger partial charge in [-0.3, -0.25) is 0 Å². The van der Waals surface area contributed by atoms with Gasteiger partial charge in [-0.15, -0.1) is 0 Å². The van der Waals surface area contributed by atoms with E-state index in [-0.39, 0.29) is 0 Å². The molecule has 0 saturated carbocycles. The molecule has 84 valence electrons. The highest BCUT2D eigenvalue weighted by atomic mass is 16.5. The first-order valence-corrected chi connectivity index (χ1v) is 5.16. The molecular formula is C12H10N4O. The SMILES string of the molecule is COc1ccc(-c2cnn3cncnc23)cc1. The standard InChI is InChI=1S/C12H10N4O/c1-17-10-4-2-9(3-5-10)11-6-15-16-8-13-7-14-12(11)16/h2-8H,1H3. The van der Waals surface area contributed by atoms with Crippen LogP contribution in [0.3, 0.4) is 0 Å². The summed E-state index contributed by atoms with van der Waals surface area (Å²) in [4.78, 5) is 8.13. The first-order valence-electron chi connectivity index (χ1n) is 5.16. The minimum Gasteiger partial charge on any atom is -0.497 e. The molecule has 1 aromatic carbocycles. The van der Waals surface area contributed by atoms with Gasteiger partial charge in [0.2, 0.25) is 0 Å². The largest absolute Gasteiger partial charge is 0.497 e. The number of rotatable bonds is 2. The molecule has 0 saturated heterocycles. The summed E-state index contributed by atoms with van der Waals surface area (Å²) in [6.45, 7) is 0. The van der Waals surface area contributed by atoms with Crippen LogP contribution in [0.15, 0.2) is 43.1 Å². The number of fused-ring (bicyclic) bond motifs is 1. The van der Waals surface area contributed by atoms with Crippen molar-refractivity contribution in [3.05, 3.63) is 43.1 Å². The number of nitrogens with zero attached hydrogens (tertiary/aromatic N) is 4. The molecule has 3 rings (SSSR count). The molecule has 0 atom stereocenters. The summed E-state index contributed by atoms with van der Waals surface area (Å²) >= 11 is 0. The van der Waals surface area contributed by atoms with Gasteiger partial charge in [0.25, 0.3) is 0 Å². The van der Waals surface area contributed by atoms with Crippen LogP contribution in [0.2, 0.25) is 0 Å². The molecule has 5 nitrogen and oxygen atoms in total. The van der Waals surface area contributed by atoms with Gasteiger partial charge in [0.05, 0.1) is 13.3 Å². The lowest BCUT2D eigenvalue weighted by Crippen LogP contribution is -1.90. The van der Waals surface area contributed by atoms with Crippen LogP contribution in [0.25, 0.3) is 16.8 Å². The maximum absolute atomic E-state index is 5.13. The predicted octanol–water partition coefficient (Wildman–Crippen LogP) is 1.80. The Kier molecular flexibility index (Phi) is 2.22. The highest BCUT2D eigenvalue weighted by molar-refractivity contribution is 5.76. The smallest absolute Gasteiger partial charge is 0.166 e. The predicted molar refractivity (Wildman–Crippen MR) is 62.8 cm³/mol. The van der Waals surface area contributed by atoms with Crippen molar-refractivity contribution in [2.75, 3.05) is 7.11 Å². The molecule has 0 radical (unpaired) electrons. The van der Waals surface area contributed by atoms with Gasteiger partial charge in [0.1, 0.15) is 18.4 Å². The quantitative estimate of drug-likeness (QED) is 0.668. The normalized spacial score (nSPS) is 10.6. The molecule has 0 aliphatic rings. The third-order valence-electron chi connectivity index (χ3n) is 2.59. The van der Waals surface area contributed by atoms with Crippen molar-refractivity contribution in [2.24, 2.45) is 0 Å². The van der Waals surface area contributed by atoms with E-state index < -0.39 is 0 Å². The third kappa shape index (κ3) is 1.61. The van der Waals surface area contributed by atoms with E-state index in [2.05, 4.69) is 15.1 Å². The molecule has 0 N–H and O–H groups in total. The van der Waals surface area contributed by atoms with Crippen LogP contribution >= 0.6 is 0 Å². The first-order chi connectivity index (χ1) is 8.38. The average molecular weight is 226 g/mol. The average Bonchev–Trinajstić information content (AvgIpc) is 2.83. The summed E-state index contributed by atoms with van der Waals surface area (Å²) in [7, 11) is 1.65. The lowest BCUT2D eigenvalue weighted by molar-refractivity contribution is 0.415. The van der Waals surface area contributed by atoms with Gasteiger partial charge in [0, 0.05) is 5.56 Å². The van der Waals surface area contributed by atoms with E-state index in [1.165, 1.54) is 6.33 Å². The Morgan fingerprint density at radius 3 is 2.76 bits per heavy atom. The van der Waals surface area contributed by atoms with Gasteiger partial charge in [-0.1, -0.05) is 12.1 Å². The van der Waals surface area contributed by atoms with Gasteiger partial charge in [-0.2, -0.15) is 5.10 Å². The third-order valence-corrected chi connectivity index (χ3v) is 2.59. The van der Waals surface area contributed by atoms with Crippen LogP contribution in [-0.2, 0) is 0 Å². The van der Waals surface area contributed by atoms with Crippen LogP contribution in [0.5, 0.6) is 5.75 Å². The molecule has 0 bridgehead atoms. The van der Waals surface area contributed by atoms with E-state index in [4.69, 9.17) is 4.74 Å². The van der Waals surface area contributed by atoms with E-state index in [1.807, 2.05) is 24.3 Å². The lowest BCUT2D eigenvalue weighted by Gasteiger charge is -2.01. The minimum absolute atomic E-state index is 0.796. The Balaban J connectivity index is 2.13. The molecule has 0 fully saturated rings. The van der Waals surface area contributed by atoms with E-state index in [0.717, 1.165) is 22.5 Å². The summed E-state index contributed by atoms with van der Waals surface area (Å²) in [5, 5.41) is 4.20. The molecule has 3 aromatic rings. The Labute approximate surface area is 97.7 Å². The minimum atomic E-state index is 0.796. The van der Waals surface area contributed by atoms with Crippen LogP contribution < -0.4 is 4.74 Å². The van der Waals surface area contributed by atoms with Crippen molar-refractivity contribution < 1.29 is 4.74 Å². The van der Waals surface area contributed by atoms with E-state index in [0.29, 0.717) is 0 Å². The number of benzene rings is 1. The second kappa shape index (κ2) is 3.86. The maximum atomic E-state index is 5.13. The van der Waals surface area contributed by atoms with Crippen LogP contribution in [0.4, 0.5) is 0 Å². The Bertz CT molecular complexity index is 645.